The van der Waals surface area contributed by atoms with E-state index in [2.05, 4.69) is 10.6 Å². The number of nitrogens with zero attached hydrogens (tertiary/aromatic N) is 2. The molecule has 0 unspecified atom stereocenters. The lowest BCUT2D eigenvalue weighted by Crippen LogP contribution is -2.35. The zero-order valence-corrected chi connectivity index (χ0v) is 15.5. The summed E-state index contributed by atoms with van der Waals surface area (Å²) in [6.07, 6.45) is 0. The largest absolute Gasteiger partial charge is 0.538 e. The number of ether oxygens (including phenoxy) is 2. The summed E-state index contributed by atoms with van der Waals surface area (Å²) in [5.41, 5.74) is 1.26. The van der Waals surface area contributed by atoms with E-state index in [0.717, 1.165) is 11.8 Å². The molecular weight excluding hydrogens is 370 g/mol. The van der Waals surface area contributed by atoms with Gasteiger partial charge in [0.05, 0.1) is 25.2 Å². The molecule has 0 saturated carbocycles. The number of aromatic nitrogens is 2. The second kappa shape index (κ2) is 8.45. The third-order valence-electron chi connectivity index (χ3n) is 3.60. The maximum absolute atomic E-state index is 12.2. The first-order chi connectivity index (χ1) is 13.1. The molecule has 9 heteroatoms. The third-order valence-corrected chi connectivity index (χ3v) is 4.62. The second-order valence-electron chi connectivity index (χ2n) is 5.34. The number of nitrogens with one attached hydrogen (secondary N) is 1. The van der Waals surface area contributed by atoms with Crippen LogP contribution in [-0.2, 0) is 4.79 Å². The highest BCUT2D eigenvalue weighted by Gasteiger charge is 2.22. The molecule has 0 aliphatic rings. The summed E-state index contributed by atoms with van der Waals surface area (Å²) >= 11 is 1.05. The molecule has 0 aliphatic heterocycles. The Morgan fingerprint density at radius 3 is 2.30 bits per heavy atom. The fourth-order valence-electron chi connectivity index (χ4n) is 2.25. The number of benzene rings is 2. The Labute approximate surface area is 159 Å². The monoisotopic (exact) mass is 387 g/mol. The van der Waals surface area contributed by atoms with Gasteiger partial charge in [-0.3, -0.25) is 4.79 Å². The van der Waals surface area contributed by atoms with E-state index < -0.39 is 5.95 Å². The lowest BCUT2D eigenvalue weighted by atomic mass is 10.3. The van der Waals surface area contributed by atoms with Crippen LogP contribution in [-0.4, -0.2) is 31.2 Å². The number of methoxy groups -OCH3 is 2. The van der Waals surface area contributed by atoms with Crippen LogP contribution < -0.4 is 24.6 Å². The average molecular weight is 387 g/mol. The molecule has 1 heterocycles. The summed E-state index contributed by atoms with van der Waals surface area (Å²) in [6.45, 7) is 0. The lowest BCUT2D eigenvalue weighted by molar-refractivity contribution is -0.705. The van der Waals surface area contributed by atoms with Crippen molar-refractivity contribution in [2.75, 3.05) is 25.3 Å². The molecular formula is C18H17N3O5S. The molecule has 1 amide bonds. The number of hydrogen-bond donors (Lipinski definition) is 1. The summed E-state index contributed by atoms with van der Waals surface area (Å²) in [5.74, 6) is 0.542. The predicted molar refractivity (Wildman–Crippen MR) is 96.4 cm³/mol. The first-order valence-corrected chi connectivity index (χ1v) is 8.89. The molecule has 27 heavy (non-hydrogen) atoms. The summed E-state index contributed by atoms with van der Waals surface area (Å²) in [5, 5.41) is 18.6. The van der Waals surface area contributed by atoms with Crippen LogP contribution in [0.15, 0.2) is 58.1 Å². The molecule has 3 aromatic rings. The van der Waals surface area contributed by atoms with E-state index in [1.54, 1.807) is 62.8 Å². The summed E-state index contributed by atoms with van der Waals surface area (Å²) in [6, 6.07) is 13.9. The molecule has 0 bridgehead atoms. The maximum atomic E-state index is 12.2. The first kappa shape index (κ1) is 18.6. The van der Waals surface area contributed by atoms with Crippen LogP contribution in [0.4, 0.5) is 5.69 Å². The minimum atomic E-state index is -0.604. The normalized spacial score (nSPS) is 10.4. The third kappa shape index (κ3) is 4.50. The van der Waals surface area contributed by atoms with Crippen LogP contribution in [0.2, 0.25) is 0 Å². The molecule has 140 valence electrons. The van der Waals surface area contributed by atoms with Crippen LogP contribution in [0.3, 0.4) is 0 Å². The number of carbonyl (C=O) groups is 1. The van der Waals surface area contributed by atoms with Gasteiger partial charge in [-0.2, -0.15) is 0 Å². The smallest absolute Gasteiger partial charge is 0.298 e. The summed E-state index contributed by atoms with van der Waals surface area (Å²) < 4.78 is 16.3. The van der Waals surface area contributed by atoms with E-state index in [-0.39, 0.29) is 16.7 Å². The number of amides is 1. The van der Waals surface area contributed by atoms with Gasteiger partial charge in [-0.05, 0) is 52.8 Å². The minimum Gasteiger partial charge on any atom is -0.538 e. The topological polar surface area (TPSA) is 101 Å². The highest BCUT2D eigenvalue weighted by atomic mass is 32.2. The van der Waals surface area contributed by atoms with Gasteiger partial charge in [0, 0.05) is 17.8 Å². The van der Waals surface area contributed by atoms with Crippen LogP contribution in [0, 0.1) is 0 Å². The SMILES string of the molecule is COc1ccc(NC(=O)CSc2c([O-])on[n+]2-c2ccc(OC)cc2)cc1. The Morgan fingerprint density at radius 2 is 1.70 bits per heavy atom. The molecule has 8 nitrogen and oxygen atoms in total. The van der Waals surface area contributed by atoms with Gasteiger partial charge < -0.3 is 24.4 Å². The zero-order chi connectivity index (χ0) is 19.2. The number of rotatable bonds is 7. The van der Waals surface area contributed by atoms with E-state index in [1.165, 1.54) is 4.68 Å². The lowest BCUT2D eigenvalue weighted by Gasteiger charge is -2.05. The number of anilines is 1. The van der Waals surface area contributed by atoms with E-state index in [9.17, 15) is 9.90 Å². The zero-order valence-electron chi connectivity index (χ0n) is 14.7. The van der Waals surface area contributed by atoms with Crippen molar-refractivity contribution in [1.29, 1.82) is 0 Å². The fraction of sp³-hybridized carbons (Fsp3) is 0.167. The Morgan fingerprint density at radius 1 is 1.11 bits per heavy atom. The van der Waals surface area contributed by atoms with Crippen molar-refractivity contribution < 1.29 is 28.6 Å². The van der Waals surface area contributed by atoms with Crippen molar-refractivity contribution in [2.24, 2.45) is 0 Å². The Kier molecular flexibility index (Phi) is 5.82. The van der Waals surface area contributed by atoms with Gasteiger partial charge in [-0.1, -0.05) is 0 Å². The quantitative estimate of drug-likeness (QED) is 0.487. The average Bonchev–Trinajstić information content (AvgIpc) is 3.07. The molecule has 0 fully saturated rings. The van der Waals surface area contributed by atoms with Crippen LogP contribution in [0.25, 0.3) is 5.69 Å². The van der Waals surface area contributed by atoms with Gasteiger partial charge in [0.25, 0.3) is 5.03 Å². The van der Waals surface area contributed by atoms with Gasteiger partial charge in [0.1, 0.15) is 11.5 Å². The molecule has 0 saturated heterocycles. The van der Waals surface area contributed by atoms with E-state index >= 15 is 0 Å². The van der Waals surface area contributed by atoms with Crippen LogP contribution >= 0.6 is 11.8 Å². The molecule has 3 rings (SSSR count). The minimum absolute atomic E-state index is 0.0264. The van der Waals surface area contributed by atoms with Crippen molar-refractivity contribution in [3.05, 3.63) is 48.5 Å². The predicted octanol–water partition coefficient (Wildman–Crippen LogP) is 1.77. The van der Waals surface area contributed by atoms with Gasteiger partial charge >= 0.3 is 0 Å². The maximum Gasteiger partial charge on any atom is 0.298 e. The summed E-state index contributed by atoms with van der Waals surface area (Å²) in [7, 11) is 3.14. The molecule has 1 N–H and O–H groups in total. The van der Waals surface area contributed by atoms with Crippen molar-refractivity contribution in [3.63, 3.8) is 0 Å². The van der Waals surface area contributed by atoms with Crippen molar-refractivity contribution in [2.45, 2.75) is 5.03 Å². The Balaban J connectivity index is 1.66. The van der Waals surface area contributed by atoms with E-state index in [0.29, 0.717) is 22.9 Å². The molecule has 0 atom stereocenters. The Bertz CT molecular complexity index is 910. The van der Waals surface area contributed by atoms with Crippen molar-refractivity contribution >= 4 is 23.4 Å². The van der Waals surface area contributed by atoms with Gasteiger partial charge in [0.2, 0.25) is 11.6 Å². The molecule has 1 aromatic heterocycles. The highest BCUT2D eigenvalue weighted by Crippen LogP contribution is 2.24. The van der Waals surface area contributed by atoms with Gasteiger partial charge in [0.15, 0.2) is 5.95 Å². The molecule has 2 aromatic carbocycles. The van der Waals surface area contributed by atoms with Crippen LogP contribution in [0.5, 0.6) is 17.4 Å². The highest BCUT2D eigenvalue weighted by molar-refractivity contribution is 7.99. The van der Waals surface area contributed by atoms with Gasteiger partial charge in [-0.25, -0.2) is 0 Å². The number of hydrogen-bond acceptors (Lipinski definition) is 7. The van der Waals surface area contributed by atoms with Crippen molar-refractivity contribution in [1.82, 2.24) is 5.27 Å². The fourth-order valence-corrected chi connectivity index (χ4v) is 3.01. The standard InChI is InChI=1S/C18H17N3O5S/c1-24-14-7-3-12(4-8-14)19-16(22)11-27-17-18(23)26-20-21(17)13-5-9-15(25-2)10-6-13/h3-10H,11H2,1-2H3,(H-,19,20,22,23). The van der Waals surface area contributed by atoms with Crippen LogP contribution in [0.1, 0.15) is 0 Å². The first-order valence-electron chi connectivity index (χ1n) is 7.91. The van der Waals surface area contributed by atoms with E-state index in [4.69, 9.17) is 14.0 Å². The van der Waals surface area contributed by atoms with Crippen molar-refractivity contribution in [3.8, 4) is 23.1 Å². The van der Waals surface area contributed by atoms with Gasteiger partial charge in [-0.15, -0.1) is 0 Å². The number of carbonyl (C=O) groups excluding carboxylic acids is 1. The molecule has 0 aliphatic carbocycles. The Hall–Kier alpha value is -3.20. The summed E-state index contributed by atoms with van der Waals surface area (Å²) in [4.78, 5) is 12.2. The number of thioether (sulfide) groups is 1. The molecule has 0 radical (unpaired) electrons. The second-order valence-corrected chi connectivity index (χ2v) is 6.30. The van der Waals surface area contributed by atoms with E-state index in [1.807, 2.05) is 0 Å². The molecule has 0 spiro atoms.